The first-order chi connectivity index (χ1) is 10.1. The predicted molar refractivity (Wildman–Crippen MR) is 85.7 cm³/mol. The summed E-state index contributed by atoms with van der Waals surface area (Å²) in [7, 11) is 0. The van der Waals surface area contributed by atoms with Crippen molar-refractivity contribution in [3.05, 3.63) is 29.3 Å². The Balaban J connectivity index is 2.06. The average Bonchev–Trinajstić information content (AvgIpc) is 2.46. The summed E-state index contributed by atoms with van der Waals surface area (Å²) in [5.41, 5.74) is 0. The van der Waals surface area contributed by atoms with E-state index < -0.39 is 0 Å². The highest BCUT2D eigenvalue weighted by atomic mass is 35.5. The summed E-state index contributed by atoms with van der Waals surface area (Å²) in [5.74, 6) is 0.496. The van der Waals surface area contributed by atoms with Crippen molar-refractivity contribution in [2.45, 2.75) is 31.1 Å². The largest absolute Gasteiger partial charge is 0.466 e. The smallest absolute Gasteiger partial charge is 0.305 e. The van der Waals surface area contributed by atoms with E-state index in [-0.39, 0.29) is 11.9 Å². The van der Waals surface area contributed by atoms with Crippen LogP contribution in [0.1, 0.15) is 26.2 Å². The topological polar surface area (TPSA) is 55.4 Å². The Morgan fingerprint density at radius 3 is 2.62 bits per heavy atom. The monoisotopic (exact) mass is 329 g/mol. The standard InChI is InChI=1S/C15H20ClNO3S/c1-2-20-15(19)4-3-10-17-14(18)9-11-21-13-7-5-12(16)6-8-13/h5-8H,2-4,9-11H2,1H3,(H,17,18). The van der Waals surface area contributed by atoms with Gasteiger partial charge in [-0.2, -0.15) is 0 Å². The summed E-state index contributed by atoms with van der Waals surface area (Å²) >= 11 is 7.42. The number of ether oxygens (including phenoxy) is 1. The maximum atomic E-state index is 11.6. The number of hydrogen-bond donors (Lipinski definition) is 1. The van der Waals surface area contributed by atoms with E-state index in [4.69, 9.17) is 16.3 Å². The highest BCUT2D eigenvalue weighted by Crippen LogP contribution is 2.20. The minimum Gasteiger partial charge on any atom is -0.466 e. The number of carbonyl (C=O) groups excluding carboxylic acids is 2. The van der Waals surface area contributed by atoms with E-state index >= 15 is 0 Å². The molecule has 0 atom stereocenters. The molecule has 0 aliphatic rings. The van der Waals surface area contributed by atoms with Gasteiger partial charge >= 0.3 is 5.97 Å². The van der Waals surface area contributed by atoms with Crippen LogP contribution in [0.15, 0.2) is 29.2 Å². The molecule has 6 heteroatoms. The first kappa shape index (κ1) is 17.9. The summed E-state index contributed by atoms with van der Waals surface area (Å²) in [6.07, 6.45) is 1.40. The SMILES string of the molecule is CCOC(=O)CCCNC(=O)CCSc1ccc(Cl)cc1. The highest BCUT2D eigenvalue weighted by molar-refractivity contribution is 7.99. The fourth-order valence-electron chi connectivity index (χ4n) is 1.57. The van der Waals surface area contributed by atoms with Crippen molar-refractivity contribution in [1.82, 2.24) is 5.32 Å². The lowest BCUT2D eigenvalue weighted by Gasteiger charge is -2.05. The van der Waals surface area contributed by atoms with Gasteiger partial charge in [-0.05, 0) is 37.6 Å². The molecule has 0 aliphatic carbocycles. The van der Waals surface area contributed by atoms with Gasteiger partial charge in [-0.1, -0.05) is 11.6 Å². The van der Waals surface area contributed by atoms with Crippen LogP contribution >= 0.6 is 23.4 Å². The molecule has 0 saturated heterocycles. The van der Waals surface area contributed by atoms with E-state index in [0.717, 1.165) is 4.90 Å². The molecule has 4 nitrogen and oxygen atoms in total. The van der Waals surface area contributed by atoms with Crippen LogP contribution in [-0.4, -0.2) is 30.8 Å². The van der Waals surface area contributed by atoms with Crippen molar-refractivity contribution in [3.63, 3.8) is 0 Å². The molecule has 0 spiro atoms. The molecule has 0 fully saturated rings. The lowest BCUT2D eigenvalue weighted by atomic mass is 10.3. The molecule has 0 heterocycles. The average molecular weight is 330 g/mol. The van der Waals surface area contributed by atoms with E-state index in [1.807, 2.05) is 24.3 Å². The third kappa shape index (κ3) is 8.63. The molecule has 0 aliphatic heterocycles. The van der Waals surface area contributed by atoms with Crippen molar-refractivity contribution in [1.29, 1.82) is 0 Å². The van der Waals surface area contributed by atoms with Crippen LogP contribution in [0.3, 0.4) is 0 Å². The lowest BCUT2D eigenvalue weighted by Crippen LogP contribution is -2.25. The second-order valence-electron chi connectivity index (χ2n) is 4.31. The van der Waals surface area contributed by atoms with Gasteiger partial charge in [0.2, 0.25) is 5.91 Å². The van der Waals surface area contributed by atoms with Gasteiger partial charge in [0, 0.05) is 35.1 Å². The maximum absolute atomic E-state index is 11.6. The number of hydrogen-bond acceptors (Lipinski definition) is 4. The zero-order valence-electron chi connectivity index (χ0n) is 12.1. The Morgan fingerprint density at radius 1 is 1.24 bits per heavy atom. The Kier molecular flexibility index (Phi) is 8.94. The number of benzene rings is 1. The number of esters is 1. The van der Waals surface area contributed by atoms with Crippen LogP contribution in [-0.2, 0) is 14.3 Å². The van der Waals surface area contributed by atoms with E-state index in [0.29, 0.717) is 43.2 Å². The normalized spacial score (nSPS) is 10.2. The van der Waals surface area contributed by atoms with Gasteiger partial charge in [-0.25, -0.2) is 0 Å². The van der Waals surface area contributed by atoms with Crippen LogP contribution in [0, 0.1) is 0 Å². The molecule has 1 aromatic carbocycles. The van der Waals surface area contributed by atoms with Crippen LogP contribution in [0.4, 0.5) is 0 Å². The number of carbonyl (C=O) groups is 2. The van der Waals surface area contributed by atoms with Crippen molar-refractivity contribution in [2.75, 3.05) is 18.9 Å². The Hall–Kier alpha value is -1.20. The van der Waals surface area contributed by atoms with Crippen molar-refractivity contribution in [3.8, 4) is 0 Å². The lowest BCUT2D eigenvalue weighted by molar-refractivity contribution is -0.143. The molecule has 116 valence electrons. The van der Waals surface area contributed by atoms with Crippen LogP contribution in [0.25, 0.3) is 0 Å². The van der Waals surface area contributed by atoms with Gasteiger partial charge in [0.15, 0.2) is 0 Å². The number of nitrogens with one attached hydrogen (secondary N) is 1. The number of thioether (sulfide) groups is 1. The highest BCUT2D eigenvalue weighted by Gasteiger charge is 2.04. The van der Waals surface area contributed by atoms with E-state index in [1.54, 1.807) is 18.7 Å². The predicted octanol–water partition coefficient (Wildman–Crippen LogP) is 3.28. The molecule has 0 unspecified atom stereocenters. The second kappa shape index (κ2) is 10.5. The summed E-state index contributed by atoms with van der Waals surface area (Å²) in [6, 6.07) is 7.53. The molecular weight excluding hydrogens is 310 g/mol. The van der Waals surface area contributed by atoms with Gasteiger partial charge in [-0.3, -0.25) is 9.59 Å². The molecule has 0 aromatic heterocycles. The van der Waals surface area contributed by atoms with Crippen molar-refractivity contribution < 1.29 is 14.3 Å². The third-order valence-corrected chi connectivity index (χ3v) is 3.86. The molecule has 0 bridgehead atoms. The molecule has 21 heavy (non-hydrogen) atoms. The molecule has 0 saturated carbocycles. The van der Waals surface area contributed by atoms with E-state index in [2.05, 4.69) is 5.32 Å². The first-order valence-electron chi connectivity index (χ1n) is 6.92. The fourth-order valence-corrected chi connectivity index (χ4v) is 2.55. The minimum absolute atomic E-state index is 0.000299. The van der Waals surface area contributed by atoms with Crippen LogP contribution in [0.5, 0.6) is 0 Å². The zero-order valence-corrected chi connectivity index (χ0v) is 13.6. The first-order valence-corrected chi connectivity index (χ1v) is 8.29. The number of amides is 1. The quantitative estimate of drug-likeness (QED) is 0.429. The molecule has 1 rings (SSSR count). The van der Waals surface area contributed by atoms with Gasteiger partial charge in [-0.15, -0.1) is 11.8 Å². The summed E-state index contributed by atoms with van der Waals surface area (Å²) in [6.45, 7) is 2.68. The minimum atomic E-state index is -0.218. The Morgan fingerprint density at radius 2 is 1.95 bits per heavy atom. The van der Waals surface area contributed by atoms with Crippen LogP contribution < -0.4 is 5.32 Å². The number of halogens is 1. The fraction of sp³-hybridized carbons (Fsp3) is 0.467. The van der Waals surface area contributed by atoms with Gasteiger partial charge in [0.25, 0.3) is 0 Å². The van der Waals surface area contributed by atoms with Crippen molar-refractivity contribution in [2.24, 2.45) is 0 Å². The van der Waals surface area contributed by atoms with Gasteiger partial charge in [0.1, 0.15) is 0 Å². The summed E-state index contributed by atoms with van der Waals surface area (Å²) in [5, 5.41) is 3.50. The van der Waals surface area contributed by atoms with Crippen LogP contribution in [0.2, 0.25) is 5.02 Å². The summed E-state index contributed by atoms with van der Waals surface area (Å²) in [4.78, 5) is 23.8. The zero-order chi connectivity index (χ0) is 15.5. The Bertz CT molecular complexity index is 451. The molecule has 1 amide bonds. The second-order valence-corrected chi connectivity index (χ2v) is 5.92. The maximum Gasteiger partial charge on any atom is 0.305 e. The molecule has 1 aromatic rings. The molecule has 0 radical (unpaired) electrons. The number of rotatable bonds is 9. The van der Waals surface area contributed by atoms with Crippen molar-refractivity contribution >= 4 is 35.2 Å². The Labute approximate surface area is 134 Å². The van der Waals surface area contributed by atoms with Gasteiger partial charge < -0.3 is 10.1 Å². The van der Waals surface area contributed by atoms with E-state index in [1.165, 1.54) is 0 Å². The van der Waals surface area contributed by atoms with E-state index in [9.17, 15) is 9.59 Å². The molecular formula is C15H20ClNO3S. The third-order valence-electron chi connectivity index (χ3n) is 2.60. The molecule has 1 N–H and O–H groups in total. The summed E-state index contributed by atoms with van der Waals surface area (Å²) < 4.78 is 4.81. The van der Waals surface area contributed by atoms with Gasteiger partial charge in [0.05, 0.1) is 6.61 Å².